The maximum absolute atomic E-state index is 12.9. The Bertz CT molecular complexity index is 847. The van der Waals surface area contributed by atoms with Crippen LogP contribution in [-0.2, 0) is 26.6 Å². The van der Waals surface area contributed by atoms with Crippen LogP contribution in [0.15, 0.2) is 23.3 Å². The second-order valence-corrected chi connectivity index (χ2v) is 7.74. The number of ketones is 1. The van der Waals surface area contributed by atoms with Crippen molar-refractivity contribution in [3.63, 3.8) is 0 Å². The van der Waals surface area contributed by atoms with Gasteiger partial charge >= 0.3 is 6.18 Å². The number of Topliss-reactive ketones (excluding diaryl/α,β-unsaturated/α-hetero) is 1. The van der Waals surface area contributed by atoms with Crippen molar-refractivity contribution in [3.05, 3.63) is 34.9 Å². The van der Waals surface area contributed by atoms with Gasteiger partial charge < -0.3 is 0 Å². The molecule has 1 amide bonds. The number of amides is 1. The first-order chi connectivity index (χ1) is 11.4. The van der Waals surface area contributed by atoms with Gasteiger partial charge in [0.1, 0.15) is 5.92 Å². The lowest BCUT2D eigenvalue weighted by Crippen LogP contribution is -2.31. The highest BCUT2D eigenvalue weighted by Gasteiger charge is 2.37. The molecule has 1 aromatic rings. The molecular weight excluding hydrogens is 361 g/mol. The van der Waals surface area contributed by atoms with Gasteiger partial charge in [0.05, 0.1) is 11.3 Å². The summed E-state index contributed by atoms with van der Waals surface area (Å²) in [4.78, 5) is 24.6. The minimum atomic E-state index is -4.68. The number of benzene rings is 1. The molecule has 6 nitrogen and oxygen atoms in total. The molecule has 0 fully saturated rings. The van der Waals surface area contributed by atoms with Crippen molar-refractivity contribution in [2.45, 2.75) is 18.9 Å². The second kappa shape index (κ2) is 6.58. The van der Waals surface area contributed by atoms with Crippen molar-refractivity contribution >= 4 is 27.7 Å². The number of alkyl halides is 3. The fourth-order valence-corrected chi connectivity index (χ4v) is 3.23. The van der Waals surface area contributed by atoms with Crippen LogP contribution in [0, 0.1) is 5.92 Å². The summed E-state index contributed by atoms with van der Waals surface area (Å²) in [5.74, 6) is -3.39. The van der Waals surface area contributed by atoms with E-state index < -0.39 is 44.9 Å². The van der Waals surface area contributed by atoms with Crippen LogP contribution >= 0.6 is 0 Å². The SMILES string of the molecule is CCN1N=CC(C(=O)c2ccc(C(F)(F)F)cc2CS(C)(=O)=O)C1=O. The van der Waals surface area contributed by atoms with E-state index >= 15 is 0 Å². The fraction of sp³-hybridized carbons (Fsp3) is 0.400. The molecule has 1 unspecified atom stereocenters. The van der Waals surface area contributed by atoms with E-state index in [2.05, 4.69) is 5.10 Å². The smallest absolute Gasteiger partial charge is 0.293 e. The lowest BCUT2D eigenvalue weighted by Gasteiger charge is -2.15. The van der Waals surface area contributed by atoms with E-state index in [1.54, 1.807) is 6.92 Å². The molecule has 1 atom stereocenters. The lowest BCUT2D eigenvalue weighted by atomic mass is 9.93. The molecule has 0 aromatic heterocycles. The Kier molecular flexibility index (Phi) is 5.03. The average Bonchev–Trinajstić information content (AvgIpc) is 2.84. The number of hydrogen-bond acceptors (Lipinski definition) is 5. The quantitative estimate of drug-likeness (QED) is 0.580. The van der Waals surface area contributed by atoms with Crippen LogP contribution in [0.5, 0.6) is 0 Å². The zero-order chi connectivity index (χ0) is 19.0. The molecule has 10 heteroatoms. The Morgan fingerprint density at radius 2 is 1.96 bits per heavy atom. The topological polar surface area (TPSA) is 83.9 Å². The van der Waals surface area contributed by atoms with Crippen LogP contribution in [0.4, 0.5) is 13.2 Å². The molecule has 0 saturated carbocycles. The first kappa shape index (κ1) is 19.1. The van der Waals surface area contributed by atoms with E-state index in [1.807, 2.05) is 0 Å². The number of nitrogens with zero attached hydrogens (tertiary/aromatic N) is 2. The van der Waals surface area contributed by atoms with Gasteiger partial charge in [0.25, 0.3) is 5.91 Å². The van der Waals surface area contributed by atoms with Crippen LogP contribution in [0.25, 0.3) is 0 Å². The summed E-state index contributed by atoms with van der Waals surface area (Å²) in [5, 5.41) is 4.82. The maximum atomic E-state index is 12.9. The molecule has 0 bridgehead atoms. The van der Waals surface area contributed by atoms with Gasteiger partial charge in [-0.3, -0.25) is 9.59 Å². The molecule has 25 heavy (non-hydrogen) atoms. The number of rotatable bonds is 5. The van der Waals surface area contributed by atoms with Gasteiger partial charge in [-0.2, -0.15) is 18.3 Å². The normalized spacial score (nSPS) is 18.0. The predicted molar refractivity (Wildman–Crippen MR) is 83.7 cm³/mol. The summed E-state index contributed by atoms with van der Waals surface area (Å²) in [6, 6.07) is 2.22. The maximum Gasteiger partial charge on any atom is 0.416 e. The van der Waals surface area contributed by atoms with Gasteiger partial charge in [-0.15, -0.1) is 0 Å². The molecule has 1 aliphatic rings. The van der Waals surface area contributed by atoms with Crippen molar-refractivity contribution in [1.82, 2.24) is 5.01 Å². The van der Waals surface area contributed by atoms with Gasteiger partial charge in [-0.05, 0) is 24.6 Å². The summed E-state index contributed by atoms with van der Waals surface area (Å²) in [5.41, 5.74) is -1.59. The molecule has 136 valence electrons. The number of carbonyl (C=O) groups excluding carboxylic acids is 2. The molecule has 2 rings (SSSR count). The predicted octanol–water partition coefficient (Wildman–Crippen LogP) is 1.90. The molecule has 0 saturated heterocycles. The molecule has 1 heterocycles. The Hall–Kier alpha value is -2.23. The molecule has 0 spiro atoms. The summed E-state index contributed by atoms with van der Waals surface area (Å²) in [7, 11) is -3.70. The molecular formula is C15H15F3N2O4S. The standard InChI is InChI=1S/C15H15F3N2O4S/c1-3-20-14(22)12(7-19-20)13(21)11-5-4-10(15(16,17)18)6-9(11)8-25(2,23)24/h4-7,12H,3,8H2,1-2H3. The van der Waals surface area contributed by atoms with Crippen LogP contribution in [0.3, 0.4) is 0 Å². The van der Waals surface area contributed by atoms with Crippen LogP contribution in [-0.4, -0.2) is 44.1 Å². The van der Waals surface area contributed by atoms with E-state index in [0.29, 0.717) is 12.1 Å². The first-order valence-corrected chi connectivity index (χ1v) is 9.27. The number of carbonyl (C=O) groups is 2. The highest BCUT2D eigenvalue weighted by Crippen LogP contribution is 2.32. The summed E-state index contributed by atoms with van der Waals surface area (Å²) >= 11 is 0. The van der Waals surface area contributed by atoms with Gasteiger partial charge in [-0.25, -0.2) is 13.4 Å². The van der Waals surface area contributed by atoms with Gasteiger partial charge in [0, 0.05) is 24.6 Å². The Balaban J connectivity index is 2.48. The molecule has 1 aromatic carbocycles. The van der Waals surface area contributed by atoms with Crippen molar-refractivity contribution < 1.29 is 31.2 Å². The Morgan fingerprint density at radius 3 is 2.44 bits per heavy atom. The Labute approximate surface area is 142 Å². The second-order valence-electron chi connectivity index (χ2n) is 5.60. The Morgan fingerprint density at radius 1 is 1.32 bits per heavy atom. The first-order valence-electron chi connectivity index (χ1n) is 7.21. The molecule has 0 radical (unpaired) electrons. The zero-order valence-corrected chi connectivity index (χ0v) is 14.2. The van der Waals surface area contributed by atoms with Crippen molar-refractivity contribution in [1.29, 1.82) is 0 Å². The van der Waals surface area contributed by atoms with Gasteiger partial charge in [-0.1, -0.05) is 6.07 Å². The van der Waals surface area contributed by atoms with E-state index in [0.717, 1.165) is 23.5 Å². The van der Waals surface area contributed by atoms with E-state index in [1.165, 1.54) is 0 Å². The number of hydrazone groups is 1. The van der Waals surface area contributed by atoms with Crippen molar-refractivity contribution in [2.24, 2.45) is 11.0 Å². The number of halogens is 3. The minimum absolute atomic E-state index is 0.235. The number of sulfone groups is 1. The highest BCUT2D eigenvalue weighted by molar-refractivity contribution is 7.89. The summed E-state index contributed by atoms with van der Waals surface area (Å²) in [6.45, 7) is 1.89. The van der Waals surface area contributed by atoms with E-state index in [-0.39, 0.29) is 17.7 Å². The zero-order valence-electron chi connectivity index (χ0n) is 13.4. The number of hydrogen-bond donors (Lipinski definition) is 0. The van der Waals surface area contributed by atoms with E-state index in [9.17, 15) is 31.2 Å². The van der Waals surface area contributed by atoms with Crippen LogP contribution in [0.2, 0.25) is 0 Å². The van der Waals surface area contributed by atoms with Crippen LogP contribution < -0.4 is 0 Å². The molecule has 0 aliphatic carbocycles. The molecule has 1 aliphatic heterocycles. The minimum Gasteiger partial charge on any atom is -0.293 e. The van der Waals surface area contributed by atoms with Crippen LogP contribution in [0.1, 0.15) is 28.4 Å². The highest BCUT2D eigenvalue weighted by atomic mass is 32.2. The van der Waals surface area contributed by atoms with Gasteiger partial charge in [0.2, 0.25) is 0 Å². The summed E-state index contributed by atoms with van der Waals surface area (Å²) < 4.78 is 61.7. The fourth-order valence-electron chi connectivity index (χ4n) is 2.43. The average molecular weight is 376 g/mol. The molecule has 0 N–H and O–H groups in total. The largest absolute Gasteiger partial charge is 0.416 e. The van der Waals surface area contributed by atoms with Crippen molar-refractivity contribution in [3.8, 4) is 0 Å². The van der Waals surface area contributed by atoms with Crippen molar-refractivity contribution in [2.75, 3.05) is 12.8 Å². The third-order valence-corrected chi connectivity index (χ3v) is 4.41. The lowest BCUT2D eigenvalue weighted by molar-refractivity contribution is -0.137. The van der Waals surface area contributed by atoms with E-state index in [4.69, 9.17) is 0 Å². The summed E-state index contributed by atoms with van der Waals surface area (Å²) in [6.07, 6.45) is -2.73. The third-order valence-electron chi connectivity index (χ3n) is 3.57. The van der Waals surface area contributed by atoms with Gasteiger partial charge in [0.15, 0.2) is 15.6 Å². The monoisotopic (exact) mass is 376 g/mol. The third kappa shape index (κ3) is 4.25.